The molecule has 0 atom stereocenters. The molecule has 2 rings (SSSR count). The van der Waals surface area contributed by atoms with Gasteiger partial charge < -0.3 is 12.9 Å². The predicted octanol–water partition coefficient (Wildman–Crippen LogP) is 1.02. The number of halogens is 3. The normalized spacial score (nSPS) is 12.3. The van der Waals surface area contributed by atoms with E-state index < -0.39 is 12.4 Å². The Kier molecular flexibility index (Phi) is 1.76. The second-order valence-electron chi connectivity index (χ2n) is 3.04. The Morgan fingerprint density at radius 3 is 2.64 bits per heavy atom. The van der Waals surface area contributed by atoms with E-state index in [0.29, 0.717) is 11.0 Å². The number of benzene rings is 1. The van der Waals surface area contributed by atoms with E-state index in [0.717, 1.165) is 12.1 Å². The topological polar surface area (TPSA) is 30.7 Å². The summed E-state index contributed by atoms with van der Waals surface area (Å²) >= 11 is 0. The number of nitrogens with zero attached hydrogens (tertiary/aromatic N) is 3. The van der Waals surface area contributed by atoms with E-state index >= 15 is 0 Å². The molecule has 0 spiro atoms. The molecule has 3 nitrogen and oxygen atoms in total. The van der Waals surface area contributed by atoms with Crippen molar-refractivity contribution in [1.82, 2.24) is 15.0 Å². The fourth-order valence-electron chi connectivity index (χ4n) is 1.25. The molecule has 0 bridgehead atoms. The largest absolute Gasteiger partial charge is 0.509 e. The van der Waals surface area contributed by atoms with E-state index in [1.165, 1.54) is 10.7 Å². The van der Waals surface area contributed by atoms with E-state index in [1.54, 1.807) is 7.05 Å². The van der Waals surface area contributed by atoms with Crippen molar-refractivity contribution in [2.45, 2.75) is 0 Å². The van der Waals surface area contributed by atoms with E-state index in [9.17, 15) is 12.9 Å². The van der Waals surface area contributed by atoms with Crippen LogP contribution < -0.4 is 5.46 Å². The molecule has 1 heterocycles. The number of rotatable bonds is 1. The maximum absolute atomic E-state index is 12.4. The van der Waals surface area contributed by atoms with Gasteiger partial charge in [0.15, 0.2) is 0 Å². The first kappa shape index (κ1) is 9.05. The van der Waals surface area contributed by atoms with Crippen LogP contribution in [0.1, 0.15) is 0 Å². The molecule has 0 saturated heterocycles. The van der Waals surface area contributed by atoms with Crippen LogP contribution in [0.3, 0.4) is 0 Å². The van der Waals surface area contributed by atoms with Crippen molar-refractivity contribution < 1.29 is 12.9 Å². The van der Waals surface area contributed by atoms with Gasteiger partial charge in [0.1, 0.15) is 5.52 Å². The third-order valence-electron chi connectivity index (χ3n) is 2.01. The standard InChI is InChI=1S/C7H6BF3N3/c1-14-7-4-5(8(9,10)11)2-3-6(7)12-13-14/h2-4H,1H3/q-1. The van der Waals surface area contributed by atoms with Crippen LogP contribution in [0.5, 0.6) is 0 Å². The van der Waals surface area contributed by atoms with Gasteiger partial charge in [-0.1, -0.05) is 17.3 Å². The summed E-state index contributed by atoms with van der Waals surface area (Å²) in [6.45, 7) is -4.95. The molecule has 1 aromatic carbocycles. The Morgan fingerprint density at radius 2 is 2.00 bits per heavy atom. The third-order valence-corrected chi connectivity index (χ3v) is 2.01. The summed E-state index contributed by atoms with van der Waals surface area (Å²) in [7, 11) is 1.56. The number of fused-ring (bicyclic) bond motifs is 1. The highest BCUT2D eigenvalue weighted by atomic mass is 19.4. The Labute approximate surface area is 77.6 Å². The highest BCUT2D eigenvalue weighted by Gasteiger charge is 2.25. The van der Waals surface area contributed by atoms with Crippen molar-refractivity contribution in [2.24, 2.45) is 7.05 Å². The summed E-state index contributed by atoms with van der Waals surface area (Å²) in [5.41, 5.74) is 0.237. The molecule has 0 aliphatic rings. The Hall–Kier alpha value is -1.53. The Balaban J connectivity index is 2.66. The zero-order chi connectivity index (χ0) is 10.3. The smallest absolute Gasteiger partial charge is 0.445 e. The van der Waals surface area contributed by atoms with Gasteiger partial charge >= 0.3 is 6.98 Å². The third kappa shape index (κ3) is 1.34. The summed E-state index contributed by atoms with van der Waals surface area (Å²) in [6, 6.07) is 3.42. The van der Waals surface area contributed by atoms with Gasteiger partial charge in [-0.15, -0.1) is 10.6 Å². The molecule has 0 aliphatic heterocycles. The van der Waals surface area contributed by atoms with Crippen molar-refractivity contribution in [3.8, 4) is 0 Å². The van der Waals surface area contributed by atoms with E-state index in [2.05, 4.69) is 10.3 Å². The molecule has 7 heteroatoms. The van der Waals surface area contributed by atoms with Crippen LogP contribution in [0.25, 0.3) is 11.0 Å². The first-order chi connectivity index (χ1) is 6.48. The van der Waals surface area contributed by atoms with Gasteiger partial charge in [0.05, 0.1) is 5.52 Å². The zero-order valence-corrected chi connectivity index (χ0v) is 7.28. The minimum Gasteiger partial charge on any atom is -0.445 e. The van der Waals surface area contributed by atoms with Crippen molar-refractivity contribution in [2.75, 3.05) is 0 Å². The molecular formula is C7H6BF3N3-. The van der Waals surface area contributed by atoms with Gasteiger partial charge in [0.2, 0.25) is 0 Å². The van der Waals surface area contributed by atoms with Crippen LogP contribution in [0.15, 0.2) is 18.2 Å². The number of hydrogen-bond donors (Lipinski definition) is 0. The summed E-state index contributed by atoms with van der Waals surface area (Å²) < 4.78 is 38.4. The SMILES string of the molecule is Cn1nnc2ccc([B-](F)(F)F)cc21. The Morgan fingerprint density at radius 1 is 1.29 bits per heavy atom. The average Bonchev–Trinajstić information content (AvgIpc) is 2.46. The monoisotopic (exact) mass is 200 g/mol. The van der Waals surface area contributed by atoms with Gasteiger partial charge in [-0.05, 0) is 6.07 Å². The van der Waals surface area contributed by atoms with Gasteiger partial charge in [0, 0.05) is 7.05 Å². The highest BCUT2D eigenvalue weighted by Crippen LogP contribution is 2.13. The average molecular weight is 200 g/mol. The van der Waals surface area contributed by atoms with Gasteiger partial charge in [-0.2, -0.15) is 0 Å². The first-order valence-corrected chi connectivity index (χ1v) is 3.98. The molecule has 0 fully saturated rings. The number of aryl methyl sites for hydroxylation is 1. The summed E-state index contributed by atoms with van der Waals surface area (Å²) in [5, 5.41) is 7.32. The zero-order valence-electron chi connectivity index (χ0n) is 7.28. The molecule has 14 heavy (non-hydrogen) atoms. The van der Waals surface area contributed by atoms with Crippen molar-refractivity contribution in [3.63, 3.8) is 0 Å². The molecule has 0 N–H and O–H groups in total. The first-order valence-electron chi connectivity index (χ1n) is 3.98. The van der Waals surface area contributed by atoms with Crippen molar-refractivity contribution in [1.29, 1.82) is 0 Å². The quantitative estimate of drug-likeness (QED) is 0.643. The molecule has 1 aromatic heterocycles. The highest BCUT2D eigenvalue weighted by molar-refractivity contribution is 6.73. The number of hydrogen-bond acceptors (Lipinski definition) is 2. The molecule has 0 radical (unpaired) electrons. The molecule has 2 aromatic rings. The van der Waals surface area contributed by atoms with Crippen LogP contribution in [-0.4, -0.2) is 22.0 Å². The lowest BCUT2D eigenvalue weighted by molar-refractivity contribution is 0.501. The fourth-order valence-corrected chi connectivity index (χ4v) is 1.25. The van der Waals surface area contributed by atoms with Crippen molar-refractivity contribution in [3.05, 3.63) is 18.2 Å². The van der Waals surface area contributed by atoms with Crippen LogP contribution in [0.4, 0.5) is 12.9 Å². The molecule has 0 amide bonds. The van der Waals surface area contributed by atoms with Crippen LogP contribution >= 0.6 is 0 Å². The summed E-state index contributed by atoms with van der Waals surface area (Å²) in [4.78, 5) is 0. The molecule has 0 saturated carbocycles. The minimum atomic E-state index is -4.95. The number of aromatic nitrogens is 3. The minimum absolute atomic E-state index is 0.390. The predicted molar refractivity (Wildman–Crippen MR) is 47.2 cm³/mol. The molecule has 0 aliphatic carbocycles. The summed E-state index contributed by atoms with van der Waals surface area (Å²) in [6.07, 6.45) is 0. The molecule has 74 valence electrons. The lowest BCUT2D eigenvalue weighted by Crippen LogP contribution is -2.33. The van der Waals surface area contributed by atoms with E-state index in [-0.39, 0.29) is 0 Å². The van der Waals surface area contributed by atoms with Gasteiger partial charge in [-0.3, -0.25) is 0 Å². The summed E-state index contributed by atoms with van der Waals surface area (Å²) in [5.74, 6) is 0. The van der Waals surface area contributed by atoms with Crippen molar-refractivity contribution >= 4 is 23.5 Å². The van der Waals surface area contributed by atoms with E-state index in [1.807, 2.05) is 0 Å². The van der Waals surface area contributed by atoms with Crippen LogP contribution in [0.2, 0.25) is 0 Å². The lowest BCUT2D eigenvalue weighted by Gasteiger charge is -2.14. The van der Waals surface area contributed by atoms with Crippen LogP contribution in [-0.2, 0) is 7.05 Å². The second-order valence-corrected chi connectivity index (χ2v) is 3.04. The molecular weight excluding hydrogens is 194 g/mol. The van der Waals surface area contributed by atoms with Gasteiger partial charge in [-0.25, -0.2) is 4.68 Å². The fraction of sp³-hybridized carbons (Fsp3) is 0.143. The van der Waals surface area contributed by atoms with E-state index in [4.69, 9.17) is 0 Å². The second kappa shape index (κ2) is 2.73. The Bertz CT molecular complexity index is 476. The molecule has 0 unspecified atom stereocenters. The van der Waals surface area contributed by atoms with Crippen LogP contribution in [0, 0.1) is 0 Å². The maximum atomic E-state index is 12.4. The maximum Gasteiger partial charge on any atom is 0.509 e. The lowest BCUT2D eigenvalue weighted by atomic mass is 9.80. The van der Waals surface area contributed by atoms with Gasteiger partial charge in [0.25, 0.3) is 0 Å².